The Kier molecular flexibility index (Phi) is 6.23. The summed E-state index contributed by atoms with van der Waals surface area (Å²) >= 11 is 0. The highest BCUT2D eigenvalue weighted by Gasteiger charge is 2.37. The number of carbonyl (C=O) groups is 1. The van der Waals surface area contributed by atoms with Crippen LogP contribution in [-0.2, 0) is 17.1 Å². The summed E-state index contributed by atoms with van der Waals surface area (Å²) in [6, 6.07) is -0.113. The molecule has 0 radical (unpaired) electrons. The van der Waals surface area contributed by atoms with Crippen LogP contribution in [0.1, 0.15) is 44.9 Å². The summed E-state index contributed by atoms with van der Waals surface area (Å²) in [7, 11) is 0. The van der Waals surface area contributed by atoms with Gasteiger partial charge in [-0.2, -0.15) is 36.2 Å². The molecule has 2 rings (SSSR count). The molecule has 30 heavy (non-hydrogen) atoms. The number of nitrogens with zero attached hydrogens (tertiary/aromatic N) is 5. The van der Waals surface area contributed by atoms with Gasteiger partial charge in [0.25, 0.3) is 5.91 Å². The zero-order chi connectivity index (χ0) is 22.9. The molecule has 0 aliphatic heterocycles. The third kappa shape index (κ3) is 6.00. The van der Waals surface area contributed by atoms with Gasteiger partial charge in [-0.1, -0.05) is 20.8 Å². The van der Waals surface area contributed by atoms with Gasteiger partial charge in [0.05, 0.1) is 11.1 Å². The van der Waals surface area contributed by atoms with Gasteiger partial charge in [0.2, 0.25) is 5.82 Å². The predicted octanol–water partition coefficient (Wildman–Crippen LogP) is 4.09. The van der Waals surface area contributed by atoms with Gasteiger partial charge in [-0.05, 0) is 35.8 Å². The number of rotatable bonds is 4. The minimum atomic E-state index is -5.01. The van der Waals surface area contributed by atoms with Crippen LogP contribution in [-0.4, -0.2) is 32.3 Å². The lowest BCUT2D eigenvalue weighted by molar-refractivity contribution is -0.143. The molecule has 1 heterocycles. The molecule has 0 unspecified atom stereocenters. The SMILES string of the molecule is C[C@@H](C(=O)N/N=C\C(C)(C)C)n1nnc(-c2cc(C(F)(F)F)cc(C(F)(F)F)c2)n1. The zero-order valence-electron chi connectivity index (χ0n) is 16.3. The molecule has 0 fully saturated rings. The Bertz CT molecular complexity index is 909. The van der Waals surface area contributed by atoms with E-state index in [1.165, 1.54) is 13.1 Å². The number of alkyl halides is 6. The summed E-state index contributed by atoms with van der Waals surface area (Å²) in [5.41, 5.74) is -1.60. The molecule has 0 bridgehead atoms. The van der Waals surface area contributed by atoms with Gasteiger partial charge in [0, 0.05) is 11.8 Å². The molecule has 13 heteroatoms. The van der Waals surface area contributed by atoms with Crippen molar-refractivity contribution in [3.05, 3.63) is 29.3 Å². The van der Waals surface area contributed by atoms with Crippen LogP contribution < -0.4 is 5.43 Å². The van der Waals surface area contributed by atoms with Crippen LogP contribution in [0.15, 0.2) is 23.3 Å². The lowest BCUT2D eigenvalue weighted by atomic mass is 9.99. The van der Waals surface area contributed by atoms with Crippen LogP contribution in [0.4, 0.5) is 26.3 Å². The molecule has 0 saturated carbocycles. The fraction of sp³-hybridized carbons (Fsp3) is 0.471. The van der Waals surface area contributed by atoms with Crippen LogP contribution in [0, 0.1) is 5.41 Å². The molecule has 1 aromatic heterocycles. The number of nitrogens with one attached hydrogen (secondary N) is 1. The Morgan fingerprint density at radius 3 is 2.07 bits per heavy atom. The molecule has 1 N–H and O–H groups in total. The van der Waals surface area contributed by atoms with E-state index in [1.54, 1.807) is 0 Å². The van der Waals surface area contributed by atoms with E-state index in [9.17, 15) is 31.1 Å². The second-order valence-corrected chi connectivity index (χ2v) is 7.50. The number of halogens is 6. The number of carbonyl (C=O) groups excluding carboxylic acids is 1. The highest BCUT2D eigenvalue weighted by Crippen LogP contribution is 2.38. The predicted molar refractivity (Wildman–Crippen MR) is 94.1 cm³/mol. The van der Waals surface area contributed by atoms with Crippen molar-refractivity contribution in [2.24, 2.45) is 10.5 Å². The van der Waals surface area contributed by atoms with E-state index in [2.05, 4.69) is 25.9 Å². The fourth-order valence-corrected chi connectivity index (χ4v) is 2.08. The Labute approximate surface area is 167 Å². The number of hydrogen-bond donors (Lipinski definition) is 1. The topological polar surface area (TPSA) is 85.1 Å². The van der Waals surface area contributed by atoms with Crippen molar-refractivity contribution >= 4 is 12.1 Å². The van der Waals surface area contributed by atoms with Gasteiger partial charge in [-0.25, -0.2) is 5.43 Å². The average Bonchev–Trinajstić information content (AvgIpc) is 3.08. The Balaban J connectivity index is 2.33. The number of aromatic nitrogens is 4. The van der Waals surface area contributed by atoms with Gasteiger partial charge in [-0.15, -0.1) is 10.2 Å². The molecule has 0 aliphatic rings. The van der Waals surface area contributed by atoms with E-state index in [4.69, 9.17) is 0 Å². The molecular formula is C17H18F6N6O. The van der Waals surface area contributed by atoms with Gasteiger partial charge < -0.3 is 0 Å². The monoisotopic (exact) mass is 436 g/mol. The molecule has 164 valence electrons. The van der Waals surface area contributed by atoms with Crippen LogP contribution >= 0.6 is 0 Å². The first-order chi connectivity index (χ1) is 13.6. The largest absolute Gasteiger partial charge is 0.416 e. The molecule has 0 saturated heterocycles. The maximum Gasteiger partial charge on any atom is 0.416 e. The Morgan fingerprint density at radius 2 is 1.60 bits per heavy atom. The minimum absolute atomic E-state index is 0.00276. The molecule has 1 amide bonds. The summed E-state index contributed by atoms with van der Waals surface area (Å²) in [5, 5.41) is 14.6. The normalized spacial score (nSPS) is 14.2. The third-order valence-corrected chi connectivity index (χ3v) is 3.63. The summed E-state index contributed by atoms with van der Waals surface area (Å²) in [4.78, 5) is 12.9. The van der Waals surface area contributed by atoms with Crippen LogP contribution in [0.25, 0.3) is 11.4 Å². The summed E-state index contributed by atoms with van der Waals surface area (Å²) in [5.74, 6) is -1.15. The standard InChI is InChI=1S/C17H18F6N6O/c1-9(14(30)26-24-8-15(2,3)4)29-27-13(25-28-29)10-5-11(16(18,19)20)7-12(6-10)17(21,22)23/h5-9H,1-4H3,(H,26,30)/b24-8-/t9-/m0/s1. The lowest BCUT2D eigenvalue weighted by Gasteiger charge is -2.13. The van der Waals surface area contributed by atoms with E-state index in [0.717, 1.165) is 4.80 Å². The van der Waals surface area contributed by atoms with Crippen LogP contribution in [0.2, 0.25) is 0 Å². The number of hydrogen-bond acceptors (Lipinski definition) is 5. The lowest BCUT2D eigenvalue weighted by Crippen LogP contribution is -2.29. The molecular weight excluding hydrogens is 418 g/mol. The molecule has 1 atom stereocenters. The van der Waals surface area contributed by atoms with Crippen LogP contribution in [0.3, 0.4) is 0 Å². The van der Waals surface area contributed by atoms with Crippen molar-refractivity contribution in [1.29, 1.82) is 0 Å². The first-order valence-corrected chi connectivity index (χ1v) is 8.51. The molecule has 1 aromatic carbocycles. The van der Waals surface area contributed by atoms with E-state index >= 15 is 0 Å². The maximum absolute atomic E-state index is 13.0. The van der Waals surface area contributed by atoms with Gasteiger partial charge in [0.1, 0.15) is 0 Å². The van der Waals surface area contributed by atoms with E-state index < -0.39 is 46.8 Å². The first-order valence-electron chi connectivity index (χ1n) is 8.51. The van der Waals surface area contributed by atoms with E-state index in [0.29, 0.717) is 12.1 Å². The van der Waals surface area contributed by atoms with Gasteiger partial charge >= 0.3 is 12.4 Å². The maximum atomic E-state index is 13.0. The smallest absolute Gasteiger partial charge is 0.271 e. The van der Waals surface area contributed by atoms with Crippen molar-refractivity contribution in [1.82, 2.24) is 25.6 Å². The van der Waals surface area contributed by atoms with Crippen molar-refractivity contribution in [2.45, 2.75) is 46.1 Å². The van der Waals surface area contributed by atoms with Crippen molar-refractivity contribution in [3.8, 4) is 11.4 Å². The second kappa shape index (κ2) is 8.03. The minimum Gasteiger partial charge on any atom is -0.271 e. The van der Waals surface area contributed by atoms with E-state index in [-0.39, 0.29) is 11.5 Å². The summed E-state index contributed by atoms with van der Waals surface area (Å²) in [6.07, 6.45) is -8.53. The molecule has 7 nitrogen and oxygen atoms in total. The summed E-state index contributed by atoms with van der Waals surface area (Å²) in [6.45, 7) is 6.91. The van der Waals surface area contributed by atoms with Gasteiger partial charge in [0.15, 0.2) is 6.04 Å². The Morgan fingerprint density at radius 1 is 1.07 bits per heavy atom. The van der Waals surface area contributed by atoms with Crippen molar-refractivity contribution < 1.29 is 31.1 Å². The van der Waals surface area contributed by atoms with Crippen LogP contribution in [0.5, 0.6) is 0 Å². The average molecular weight is 436 g/mol. The highest BCUT2D eigenvalue weighted by atomic mass is 19.4. The molecule has 0 aliphatic carbocycles. The Hall–Kier alpha value is -2.99. The highest BCUT2D eigenvalue weighted by molar-refractivity contribution is 5.80. The number of benzene rings is 1. The summed E-state index contributed by atoms with van der Waals surface area (Å²) < 4.78 is 78.0. The van der Waals surface area contributed by atoms with Crippen molar-refractivity contribution in [3.63, 3.8) is 0 Å². The van der Waals surface area contributed by atoms with E-state index in [1.807, 2.05) is 20.8 Å². The third-order valence-electron chi connectivity index (χ3n) is 3.63. The van der Waals surface area contributed by atoms with Crippen molar-refractivity contribution in [2.75, 3.05) is 0 Å². The fourth-order valence-electron chi connectivity index (χ4n) is 2.08. The number of tetrazole rings is 1. The molecule has 0 spiro atoms. The quantitative estimate of drug-likeness (QED) is 0.445. The van der Waals surface area contributed by atoms with Gasteiger partial charge in [-0.3, -0.25) is 4.79 Å². The number of hydrazone groups is 1. The second-order valence-electron chi connectivity index (χ2n) is 7.50. The number of amides is 1. The first kappa shape index (κ1) is 23.3. The molecule has 2 aromatic rings. The zero-order valence-corrected chi connectivity index (χ0v) is 16.3.